The second-order valence-electron chi connectivity index (χ2n) is 4.58. The molecule has 17 heavy (non-hydrogen) atoms. The quantitative estimate of drug-likeness (QED) is 0.821. The molecule has 0 bridgehead atoms. The molecule has 2 rings (SSSR count). The summed E-state index contributed by atoms with van der Waals surface area (Å²) < 4.78 is 6.94. The van der Waals surface area contributed by atoms with Gasteiger partial charge in [0.05, 0.1) is 6.20 Å². The summed E-state index contributed by atoms with van der Waals surface area (Å²) in [6.45, 7) is 4.70. The zero-order valence-electron chi connectivity index (χ0n) is 10.2. The van der Waals surface area contributed by atoms with E-state index in [0.717, 1.165) is 38.2 Å². The first-order valence-corrected chi connectivity index (χ1v) is 6.07. The van der Waals surface area contributed by atoms with Crippen LogP contribution in [0, 0.1) is 12.8 Å². The Morgan fingerprint density at radius 2 is 2.59 bits per heavy atom. The lowest BCUT2D eigenvalue weighted by Crippen LogP contribution is -2.29. The molecule has 1 atom stereocenters. The highest BCUT2D eigenvalue weighted by Crippen LogP contribution is 2.14. The van der Waals surface area contributed by atoms with Crippen LogP contribution in [0.3, 0.4) is 0 Å². The van der Waals surface area contributed by atoms with Crippen LogP contribution in [0.5, 0.6) is 0 Å². The number of nitrogens with zero attached hydrogens (tertiary/aromatic N) is 2. The zero-order chi connectivity index (χ0) is 12.1. The summed E-state index contributed by atoms with van der Waals surface area (Å²) in [5.74, 6) is 0.634. The number of rotatable bonds is 5. The molecule has 1 fully saturated rings. The van der Waals surface area contributed by atoms with Gasteiger partial charge in [-0.1, -0.05) is 0 Å². The summed E-state index contributed by atoms with van der Waals surface area (Å²) in [5, 5.41) is 6.99. The highest BCUT2D eigenvalue weighted by Gasteiger charge is 2.15. The molecule has 0 saturated carbocycles. The maximum Gasteiger partial charge on any atom is 0.241 e. The van der Waals surface area contributed by atoms with Gasteiger partial charge in [-0.2, -0.15) is 5.10 Å². The largest absolute Gasteiger partial charge is 0.381 e. The third kappa shape index (κ3) is 3.85. The average Bonchev–Trinajstić information content (AvgIpc) is 2.90. The number of carbonyl (C=O) groups is 1. The van der Waals surface area contributed by atoms with Crippen molar-refractivity contribution in [2.24, 2.45) is 5.92 Å². The number of hydrogen-bond donors (Lipinski definition) is 1. The van der Waals surface area contributed by atoms with E-state index in [1.165, 1.54) is 0 Å². The summed E-state index contributed by atoms with van der Waals surface area (Å²) in [6, 6.07) is 0. The van der Waals surface area contributed by atoms with Crippen molar-refractivity contribution >= 4 is 5.91 Å². The maximum atomic E-state index is 11.6. The Hall–Kier alpha value is -1.36. The third-order valence-electron chi connectivity index (χ3n) is 2.97. The molecular weight excluding hydrogens is 218 g/mol. The monoisotopic (exact) mass is 237 g/mol. The summed E-state index contributed by atoms with van der Waals surface area (Å²) >= 11 is 0. The van der Waals surface area contributed by atoms with Crippen molar-refractivity contribution in [1.29, 1.82) is 0 Å². The molecule has 0 radical (unpaired) electrons. The summed E-state index contributed by atoms with van der Waals surface area (Å²) in [4.78, 5) is 11.6. The summed E-state index contributed by atoms with van der Waals surface area (Å²) in [7, 11) is 0. The van der Waals surface area contributed by atoms with E-state index in [9.17, 15) is 4.79 Å². The van der Waals surface area contributed by atoms with Crippen LogP contribution in [0.4, 0.5) is 0 Å². The third-order valence-corrected chi connectivity index (χ3v) is 2.97. The number of aryl methyl sites for hydroxylation is 1. The summed E-state index contributed by atoms with van der Waals surface area (Å²) in [6.07, 6.45) is 5.74. The van der Waals surface area contributed by atoms with E-state index in [4.69, 9.17) is 4.74 Å². The van der Waals surface area contributed by atoms with Crippen LogP contribution < -0.4 is 5.32 Å². The molecule has 1 aromatic rings. The smallest absolute Gasteiger partial charge is 0.241 e. The van der Waals surface area contributed by atoms with E-state index < -0.39 is 0 Å². The fourth-order valence-electron chi connectivity index (χ4n) is 1.98. The molecule has 0 unspecified atom stereocenters. The van der Waals surface area contributed by atoms with E-state index in [-0.39, 0.29) is 5.91 Å². The highest BCUT2D eigenvalue weighted by atomic mass is 16.5. The molecule has 94 valence electrons. The van der Waals surface area contributed by atoms with Crippen molar-refractivity contribution in [3.63, 3.8) is 0 Å². The van der Waals surface area contributed by atoms with E-state index >= 15 is 0 Å². The van der Waals surface area contributed by atoms with Gasteiger partial charge in [0.2, 0.25) is 5.91 Å². The van der Waals surface area contributed by atoms with Gasteiger partial charge < -0.3 is 10.1 Å². The van der Waals surface area contributed by atoms with Gasteiger partial charge in [0.15, 0.2) is 0 Å². The van der Waals surface area contributed by atoms with Crippen LogP contribution >= 0.6 is 0 Å². The van der Waals surface area contributed by atoms with Crippen LogP contribution in [-0.2, 0) is 16.1 Å². The highest BCUT2D eigenvalue weighted by molar-refractivity contribution is 5.75. The molecule has 1 aliphatic heterocycles. The molecule has 2 heterocycles. The predicted octanol–water partition coefficient (Wildman–Crippen LogP) is 0.734. The van der Waals surface area contributed by atoms with Crippen LogP contribution in [0.25, 0.3) is 0 Å². The lowest BCUT2D eigenvalue weighted by atomic mass is 10.1. The number of hydrogen-bond acceptors (Lipinski definition) is 3. The number of aromatic nitrogens is 2. The minimum Gasteiger partial charge on any atom is -0.381 e. The zero-order valence-corrected chi connectivity index (χ0v) is 10.2. The molecule has 1 aliphatic rings. The molecule has 0 spiro atoms. The standard InChI is InChI=1S/C12H19N3O2/c1-10-6-14-15(7-10)8-12(16)13-4-2-11-3-5-17-9-11/h6-7,11H,2-5,8-9H2,1H3,(H,13,16)/t11-/m0/s1. The Kier molecular flexibility index (Phi) is 4.14. The van der Waals surface area contributed by atoms with Gasteiger partial charge in [-0.3, -0.25) is 9.48 Å². The van der Waals surface area contributed by atoms with Crippen molar-refractivity contribution in [3.8, 4) is 0 Å². The first-order valence-electron chi connectivity index (χ1n) is 6.07. The average molecular weight is 237 g/mol. The van der Waals surface area contributed by atoms with Gasteiger partial charge >= 0.3 is 0 Å². The topological polar surface area (TPSA) is 56.2 Å². The number of amides is 1. The van der Waals surface area contributed by atoms with E-state index in [1.807, 2.05) is 13.1 Å². The van der Waals surface area contributed by atoms with E-state index in [2.05, 4.69) is 10.4 Å². The number of nitrogens with one attached hydrogen (secondary N) is 1. The number of carbonyl (C=O) groups excluding carboxylic acids is 1. The van der Waals surface area contributed by atoms with Gasteiger partial charge in [-0.25, -0.2) is 0 Å². The molecule has 1 amide bonds. The van der Waals surface area contributed by atoms with E-state index in [0.29, 0.717) is 12.5 Å². The van der Waals surface area contributed by atoms with Gasteiger partial charge in [-0.15, -0.1) is 0 Å². The molecular formula is C12H19N3O2. The fourth-order valence-corrected chi connectivity index (χ4v) is 1.98. The van der Waals surface area contributed by atoms with E-state index in [1.54, 1.807) is 10.9 Å². The van der Waals surface area contributed by atoms with Crippen LogP contribution in [0.2, 0.25) is 0 Å². The van der Waals surface area contributed by atoms with Crippen molar-refractivity contribution in [2.45, 2.75) is 26.3 Å². The first kappa shape index (κ1) is 12.1. The van der Waals surface area contributed by atoms with Gasteiger partial charge in [0.25, 0.3) is 0 Å². The van der Waals surface area contributed by atoms with Crippen LogP contribution in [0.15, 0.2) is 12.4 Å². The first-order chi connectivity index (χ1) is 8.24. The second kappa shape index (κ2) is 5.82. The van der Waals surface area contributed by atoms with Crippen molar-refractivity contribution in [2.75, 3.05) is 19.8 Å². The Bertz CT molecular complexity index is 370. The van der Waals surface area contributed by atoms with Gasteiger partial charge in [-0.05, 0) is 31.2 Å². The summed E-state index contributed by atoms with van der Waals surface area (Å²) in [5.41, 5.74) is 1.07. The van der Waals surface area contributed by atoms with Crippen LogP contribution in [-0.4, -0.2) is 35.4 Å². The predicted molar refractivity (Wildman–Crippen MR) is 63.5 cm³/mol. The van der Waals surface area contributed by atoms with Gasteiger partial charge in [0, 0.05) is 26.0 Å². The maximum absolute atomic E-state index is 11.6. The minimum absolute atomic E-state index is 0.0204. The molecule has 0 aromatic carbocycles. The Morgan fingerprint density at radius 3 is 3.24 bits per heavy atom. The molecule has 5 heteroatoms. The SMILES string of the molecule is Cc1cnn(CC(=O)NCC[C@H]2CCOC2)c1. The normalized spacial score (nSPS) is 19.5. The Morgan fingerprint density at radius 1 is 1.71 bits per heavy atom. The molecule has 5 nitrogen and oxygen atoms in total. The second-order valence-corrected chi connectivity index (χ2v) is 4.58. The molecule has 0 aliphatic carbocycles. The molecule has 1 N–H and O–H groups in total. The number of ether oxygens (including phenoxy) is 1. The lowest BCUT2D eigenvalue weighted by Gasteiger charge is -2.08. The fraction of sp³-hybridized carbons (Fsp3) is 0.667. The lowest BCUT2D eigenvalue weighted by molar-refractivity contribution is -0.121. The van der Waals surface area contributed by atoms with Crippen molar-refractivity contribution in [1.82, 2.24) is 15.1 Å². The molecule has 1 saturated heterocycles. The van der Waals surface area contributed by atoms with Crippen molar-refractivity contribution in [3.05, 3.63) is 18.0 Å². The van der Waals surface area contributed by atoms with Crippen molar-refractivity contribution < 1.29 is 9.53 Å². The minimum atomic E-state index is 0.0204. The Labute approximate surface area is 101 Å². The molecule has 1 aromatic heterocycles. The Balaban J connectivity index is 1.63. The van der Waals surface area contributed by atoms with Crippen LogP contribution in [0.1, 0.15) is 18.4 Å². The van der Waals surface area contributed by atoms with Gasteiger partial charge in [0.1, 0.15) is 6.54 Å².